The van der Waals surface area contributed by atoms with E-state index in [0.717, 1.165) is 31.2 Å². The van der Waals surface area contributed by atoms with E-state index < -0.39 is 56.3 Å². The van der Waals surface area contributed by atoms with Crippen molar-refractivity contribution in [2.45, 2.75) is 18.7 Å². The van der Waals surface area contributed by atoms with Crippen LogP contribution in [0.15, 0.2) is 104 Å². The Kier molecular flexibility index (Phi) is 12.3. The van der Waals surface area contributed by atoms with Gasteiger partial charge < -0.3 is 46.2 Å². The maximum absolute atomic E-state index is 12.6. The predicted molar refractivity (Wildman–Crippen MR) is 218 cm³/mol. The number of phenols is 1. The van der Waals surface area contributed by atoms with Gasteiger partial charge in [-0.2, -0.15) is 23.4 Å². The van der Waals surface area contributed by atoms with Gasteiger partial charge in [0.2, 0.25) is 17.8 Å². The van der Waals surface area contributed by atoms with Crippen LogP contribution >= 0.6 is 0 Å². The Morgan fingerprint density at radius 1 is 0.710 bits per heavy atom. The quantitative estimate of drug-likeness (QED) is 0.0357. The summed E-state index contributed by atoms with van der Waals surface area (Å²) in [6.45, 7) is 2.78. The Morgan fingerprint density at radius 3 is 1.98 bits per heavy atom. The van der Waals surface area contributed by atoms with Crippen LogP contribution in [0, 0.1) is 0 Å². The zero-order valence-electron chi connectivity index (χ0n) is 31.8. The fourth-order valence-electron chi connectivity index (χ4n) is 5.60. The van der Waals surface area contributed by atoms with Crippen LogP contribution < -0.4 is 20.7 Å². The molecule has 0 saturated heterocycles. The lowest BCUT2D eigenvalue weighted by Gasteiger charge is -2.13. The molecular weight excluding hydrogens is 837 g/mol. The van der Waals surface area contributed by atoms with Crippen LogP contribution in [0.2, 0.25) is 0 Å². The number of phenolic OH excluding ortho intramolecular Hbond substituents is 1. The first-order valence-corrected chi connectivity index (χ1v) is 19.0. The van der Waals surface area contributed by atoms with E-state index in [-0.39, 0.29) is 85.8 Å². The number of carbonyl (C=O) groups is 4. The number of nitrogens with one attached hydrogen (secondary N) is 3. The van der Waals surface area contributed by atoms with E-state index in [1.54, 1.807) is 6.92 Å². The number of carboxylic acids is 3. The molecule has 5 aromatic carbocycles. The SMILES string of the molecule is CCOc1cc(N=Nc2cc(C(=O)O)ccc2C(=O)O)c(NC(C)=O)cc1N=Nc1c(S(=O)(=O)O)cc2ccc(Nc3nc(O)nc(Nc4cccc(C(=O)O)c4)n3)cc2c1O. The molecule has 0 aliphatic heterocycles. The number of carbonyl (C=O) groups excluding carboxylic acids is 1. The number of aromatic carboxylic acids is 3. The third-order valence-corrected chi connectivity index (χ3v) is 9.13. The second-order valence-electron chi connectivity index (χ2n) is 12.6. The van der Waals surface area contributed by atoms with Gasteiger partial charge in [0.05, 0.1) is 29.0 Å². The summed E-state index contributed by atoms with van der Waals surface area (Å²) in [6.07, 6.45) is 0. The molecule has 316 valence electrons. The van der Waals surface area contributed by atoms with Gasteiger partial charge in [0.15, 0.2) is 5.75 Å². The number of aromatic nitrogens is 3. The van der Waals surface area contributed by atoms with Crippen LogP contribution in [0.25, 0.3) is 10.8 Å². The van der Waals surface area contributed by atoms with Gasteiger partial charge in [-0.1, -0.05) is 12.1 Å². The van der Waals surface area contributed by atoms with Gasteiger partial charge in [-0.05, 0) is 73.0 Å². The van der Waals surface area contributed by atoms with E-state index in [1.165, 1.54) is 54.6 Å². The van der Waals surface area contributed by atoms with E-state index in [0.29, 0.717) is 0 Å². The topological polar surface area (TPSA) is 357 Å². The molecule has 0 radical (unpaired) electrons. The zero-order valence-corrected chi connectivity index (χ0v) is 32.6. The number of hydrogen-bond acceptors (Lipinski definition) is 18. The van der Waals surface area contributed by atoms with Gasteiger partial charge in [0, 0.05) is 29.8 Å². The van der Waals surface area contributed by atoms with E-state index in [2.05, 4.69) is 51.4 Å². The van der Waals surface area contributed by atoms with E-state index >= 15 is 0 Å². The van der Waals surface area contributed by atoms with E-state index in [1.807, 2.05) is 0 Å². The van der Waals surface area contributed by atoms with Crippen LogP contribution in [-0.2, 0) is 14.9 Å². The van der Waals surface area contributed by atoms with E-state index in [4.69, 9.17) is 4.74 Å². The summed E-state index contributed by atoms with van der Waals surface area (Å²) < 4.78 is 41.1. The average molecular weight is 867 g/mol. The molecule has 9 N–H and O–H groups in total. The first kappa shape index (κ1) is 43.0. The summed E-state index contributed by atoms with van der Waals surface area (Å²) in [7, 11) is -5.07. The summed E-state index contributed by atoms with van der Waals surface area (Å²) in [4.78, 5) is 57.9. The molecule has 0 saturated carbocycles. The van der Waals surface area contributed by atoms with Gasteiger partial charge in [-0.3, -0.25) is 9.35 Å². The lowest BCUT2D eigenvalue weighted by molar-refractivity contribution is -0.114. The molecule has 1 amide bonds. The summed E-state index contributed by atoms with van der Waals surface area (Å²) in [5, 5.41) is 74.2. The second-order valence-corrected chi connectivity index (χ2v) is 14.0. The van der Waals surface area contributed by atoms with Crippen molar-refractivity contribution >= 4 is 96.4 Å². The van der Waals surface area contributed by atoms with Crippen molar-refractivity contribution in [3.8, 4) is 17.5 Å². The van der Waals surface area contributed by atoms with Crippen LogP contribution in [0.4, 0.5) is 51.7 Å². The molecule has 6 rings (SSSR count). The largest absolute Gasteiger partial charge is 0.505 e. The van der Waals surface area contributed by atoms with E-state index in [9.17, 15) is 57.7 Å². The van der Waals surface area contributed by atoms with Gasteiger partial charge in [0.25, 0.3) is 10.1 Å². The number of azo groups is 2. The molecule has 1 aromatic heterocycles. The number of anilines is 5. The molecule has 0 atom stereocenters. The first-order chi connectivity index (χ1) is 29.4. The molecule has 1 heterocycles. The molecule has 24 heteroatoms. The highest BCUT2D eigenvalue weighted by Crippen LogP contribution is 2.45. The number of rotatable bonds is 15. The Hall–Kier alpha value is -8.64. The van der Waals surface area contributed by atoms with Crippen molar-refractivity contribution in [1.29, 1.82) is 0 Å². The maximum Gasteiger partial charge on any atom is 0.337 e. The Labute approximate surface area is 347 Å². The molecule has 0 fully saturated rings. The fraction of sp³-hybridized carbons (Fsp3) is 0.0789. The van der Waals surface area contributed by atoms with Crippen LogP contribution in [0.5, 0.6) is 17.5 Å². The van der Waals surface area contributed by atoms with Crippen LogP contribution in [0.1, 0.15) is 44.9 Å². The van der Waals surface area contributed by atoms with Crippen LogP contribution in [0.3, 0.4) is 0 Å². The van der Waals surface area contributed by atoms with Crippen molar-refractivity contribution in [3.63, 3.8) is 0 Å². The summed E-state index contributed by atoms with van der Waals surface area (Å²) in [6, 6.07) is 15.7. The number of aromatic hydroxyl groups is 2. The monoisotopic (exact) mass is 866 g/mol. The average Bonchev–Trinajstić information content (AvgIpc) is 3.20. The number of amides is 1. The first-order valence-electron chi connectivity index (χ1n) is 17.5. The molecule has 0 aliphatic carbocycles. The molecule has 0 spiro atoms. The fourth-order valence-corrected chi connectivity index (χ4v) is 6.25. The van der Waals surface area contributed by atoms with Gasteiger partial charge in [0.1, 0.15) is 33.4 Å². The maximum atomic E-state index is 12.6. The molecular formula is C38H30N10O13S. The van der Waals surface area contributed by atoms with Gasteiger partial charge in [-0.25, -0.2) is 14.4 Å². The number of nitrogens with zero attached hydrogens (tertiary/aromatic N) is 7. The molecule has 6 aromatic rings. The van der Waals surface area contributed by atoms with Gasteiger partial charge in [-0.15, -0.1) is 20.5 Å². The lowest BCUT2D eigenvalue weighted by Crippen LogP contribution is -2.06. The summed E-state index contributed by atoms with van der Waals surface area (Å²) >= 11 is 0. The minimum atomic E-state index is -5.07. The Bertz CT molecular complexity index is 3000. The Balaban J connectivity index is 1.39. The standard InChI is InChI=1S/C38H30N10O13S/c1-3-61-29-16-27(46-45-25-12-20(34(53)54)8-10-23(25)35(55)56)26(39-17(2)49)15-28(29)47-48-31-30(62(58,59)60)13-18-7-9-22(14-24(18)32(31)50)41-37-42-36(43-38(57)44-37)40-21-6-4-5-19(11-21)33(51)52/h4-16,50H,3H2,1-2H3,(H,39,49)(H,51,52)(H,53,54)(H,55,56)(H,58,59,60)(H3,40,41,42,43,44,57). The van der Waals surface area contributed by atoms with Crippen molar-refractivity contribution in [1.82, 2.24) is 15.0 Å². The molecule has 62 heavy (non-hydrogen) atoms. The second kappa shape index (κ2) is 17.7. The van der Waals surface area contributed by atoms with Crippen molar-refractivity contribution in [3.05, 3.63) is 95.6 Å². The van der Waals surface area contributed by atoms with Gasteiger partial charge >= 0.3 is 23.9 Å². The molecule has 23 nitrogen and oxygen atoms in total. The number of fused-ring (bicyclic) bond motifs is 1. The molecule has 0 unspecified atom stereocenters. The smallest absolute Gasteiger partial charge is 0.337 e. The number of carboxylic acid groups (broad SMARTS) is 3. The molecule has 0 bridgehead atoms. The highest BCUT2D eigenvalue weighted by atomic mass is 32.2. The highest BCUT2D eigenvalue weighted by Gasteiger charge is 2.23. The predicted octanol–water partition coefficient (Wildman–Crippen LogP) is 7.45. The molecule has 0 aliphatic rings. The third kappa shape index (κ3) is 9.96. The Morgan fingerprint density at radius 2 is 1.35 bits per heavy atom. The third-order valence-electron chi connectivity index (χ3n) is 8.26. The highest BCUT2D eigenvalue weighted by molar-refractivity contribution is 7.86. The summed E-state index contributed by atoms with van der Waals surface area (Å²) in [5.41, 5.74) is -1.64. The van der Waals surface area contributed by atoms with Crippen molar-refractivity contribution < 1.29 is 62.4 Å². The number of hydrogen-bond donors (Lipinski definition) is 9. The minimum absolute atomic E-state index is 0.0180. The number of ether oxygens (including phenoxy) is 1. The normalized spacial score (nSPS) is 11.5. The van der Waals surface area contributed by atoms with Crippen molar-refractivity contribution in [2.24, 2.45) is 20.5 Å². The minimum Gasteiger partial charge on any atom is -0.505 e. The number of benzene rings is 5. The lowest BCUT2D eigenvalue weighted by atomic mass is 10.1. The van der Waals surface area contributed by atoms with Crippen LogP contribution in [-0.4, -0.2) is 83.9 Å². The summed E-state index contributed by atoms with van der Waals surface area (Å²) in [5.74, 6) is -5.80. The zero-order chi connectivity index (χ0) is 44.9. The van der Waals surface area contributed by atoms with Crippen molar-refractivity contribution in [2.75, 3.05) is 22.6 Å².